The van der Waals surface area contributed by atoms with E-state index in [2.05, 4.69) is 57.1 Å². The smallest absolute Gasteiger partial charge is 0.151 e. The van der Waals surface area contributed by atoms with Crippen LogP contribution in [0.25, 0.3) is 0 Å². The van der Waals surface area contributed by atoms with Crippen molar-refractivity contribution in [1.29, 1.82) is 0 Å². The summed E-state index contributed by atoms with van der Waals surface area (Å²) < 4.78 is 6.42. The van der Waals surface area contributed by atoms with Crippen LogP contribution in [-0.2, 0) is 12.5 Å². The SMILES string of the molecule is Cn1cc(C(C)(C)C)nc1C=NSCC(C)(C)C. The zero-order valence-electron chi connectivity index (χ0n) is 12.6. The molecule has 102 valence electrons. The van der Waals surface area contributed by atoms with Crippen LogP contribution in [-0.4, -0.2) is 21.5 Å². The van der Waals surface area contributed by atoms with Crippen molar-refractivity contribution >= 4 is 18.2 Å². The van der Waals surface area contributed by atoms with Gasteiger partial charge in [0.25, 0.3) is 0 Å². The first-order valence-electron chi connectivity index (χ1n) is 6.29. The molecule has 0 radical (unpaired) electrons. The monoisotopic (exact) mass is 267 g/mol. The van der Waals surface area contributed by atoms with Gasteiger partial charge in [0.15, 0.2) is 5.82 Å². The third kappa shape index (κ3) is 4.84. The van der Waals surface area contributed by atoms with Crippen molar-refractivity contribution in [2.45, 2.75) is 47.0 Å². The van der Waals surface area contributed by atoms with Crippen molar-refractivity contribution in [2.24, 2.45) is 16.9 Å². The van der Waals surface area contributed by atoms with Gasteiger partial charge in [-0.05, 0) is 17.4 Å². The van der Waals surface area contributed by atoms with Gasteiger partial charge in [-0.3, -0.25) is 0 Å². The van der Waals surface area contributed by atoms with Crippen molar-refractivity contribution in [1.82, 2.24) is 9.55 Å². The second-order valence-electron chi connectivity index (χ2n) is 6.91. The molecule has 1 aromatic heterocycles. The minimum atomic E-state index is 0.0857. The summed E-state index contributed by atoms with van der Waals surface area (Å²) in [5, 5.41) is 0. The van der Waals surface area contributed by atoms with Crippen molar-refractivity contribution in [2.75, 3.05) is 5.75 Å². The van der Waals surface area contributed by atoms with Gasteiger partial charge in [0.1, 0.15) is 0 Å². The molecule has 1 heterocycles. The van der Waals surface area contributed by atoms with Gasteiger partial charge in [0.05, 0.1) is 11.9 Å². The summed E-state index contributed by atoms with van der Waals surface area (Å²) in [6, 6.07) is 0. The van der Waals surface area contributed by atoms with Crippen LogP contribution >= 0.6 is 11.9 Å². The number of hydrogen-bond acceptors (Lipinski definition) is 3. The summed E-state index contributed by atoms with van der Waals surface area (Å²) in [4.78, 5) is 4.62. The van der Waals surface area contributed by atoms with E-state index in [1.165, 1.54) is 0 Å². The molecule has 18 heavy (non-hydrogen) atoms. The molecule has 0 aliphatic carbocycles. The zero-order chi connectivity index (χ0) is 14.0. The second-order valence-corrected chi connectivity index (χ2v) is 7.67. The molecule has 4 heteroatoms. The van der Waals surface area contributed by atoms with E-state index in [0.29, 0.717) is 5.41 Å². The number of imidazole rings is 1. The lowest BCUT2D eigenvalue weighted by atomic mass is 9.93. The van der Waals surface area contributed by atoms with Crippen molar-refractivity contribution in [3.05, 3.63) is 17.7 Å². The van der Waals surface area contributed by atoms with Gasteiger partial charge in [0, 0.05) is 24.4 Å². The summed E-state index contributed by atoms with van der Waals surface area (Å²) in [5.74, 6) is 1.93. The second kappa shape index (κ2) is 5.47. The van der Waals surface area contributed by atoms with Crippen LogP contribution in [0.4, 0.5) is 0 Å². The fraction of sp³-hybridized carbons (Fsp3) is 0.714. The molecule has 0 unspecified atom stereocenters. The van der Waals surface area contributed by atoms with Gasteiger partial charge >= 0.3 is 0 Å². The molecule has 0 saturated heterocycles. The summed E-state index contributed by atoms with van der Waals surface area (Å²) in [6.45, 7) is 13.2. The molecule has 0 aliphatic heterocycles. The highest BCUT2D eigenvalue weighted by molar-refractivity contribution is 7.98. The molecule has 0 amide bonds. The third-order valence-corrected chi connectivity index (χ3v) is 3.67. The first-order chi connectivity index (χ1) is 8.09. The van der Waals surface area contributed by atoms with Crippen LogP contribution < -0.4 is 0 Å². The first-order valence-corrected chi connectivity index (χ1v) is 7.23. The van der Waals surface area contributed by atoms with Gasteiger partial charge in [-0.2, -0.15) is 0 Å². The number of nitrogens with zero attached hydrogens (tertiary/aromatic N) is 3. The Morgan fingerprint density at radius 3 is 2.33 bits per heavy atom. The van der Waals surface area contributed by atoms with Crippen molar-refractivity contribution in [3.8, 4) is 0 Å². The van der Waals surface area contributed by atoms with Crippen LogP contribution in [0, 0.1) is 5.41 Å². The van der Waals surface area contributed by atoms with Gasteiger partial charge in [-0.25, -0.2) is 9.38 Å². The number of aromatic nitrogens is 2. The standard InChI is InChI=1S/C14H25N3S/c1-13(2,3)10-18-15-8-12-16-11(9-17(12)7)14(4,5)6/h8-9H,10H2,1-7H3. The Bertz CT molecular complexity index is 419. The van der Waals surface area contributed by atoms with Gasteiger partial charge in [0.2, 0.25) is 0 Å². The maximum absolute atomic E-state index is 4.62. The van der Waals surface area contributed by atoms with E-state index in [1.54, 1.807) is 11.9 Å². The molecule has 0 atom stereocenters. The molecule has 1 aromatic rings. The average Bonchev–Trinajstić information content (AvgIpc) is 2.53. The van der Waals surface area contributed by atoms with E-state index in [4.69, 9.17) is 0 Å². The summed E-state index contributed by atoms with van der Waals surface area (Å²) >= 11 is 1.60. The molecule has 0 bridgehead atoms. The van der Waals surface area contributed by atoms with Crippen LogP contribution in [0.5, 0.6) is 0 Å². The average molecular weight is 267 g/mol. The highest BCUT2D eigenvalue weighted by Gasteiger charge is 2.18. The topological polar surface area (TPSA) is 30.2 Å². The Balaban J connectivity index is 2.68. The molecule has 0 N–H and O–H groups in total. The minimum Gasteiger partial charge on any atom is -0.333 e. The molecule has 0 spiro atoms. The fourth-order valence-corrected chi connectivity index (χ4v) is 1.91. The quantitative estimate of drug-likeness (QED) is 0.615. The highest BCUT2D eigenvalue weighted by Crippen LogP contribution is 2.22. The first kappa shape index (κ1) is 15.3. The van der Waals surface area contributed by atoms with Gasteiger partial charge < -0.3 is 4.57 Å². The lowest BCUT2D eigenvalue weighted by Gasteiger charge is -2.14. The summed E-state index contributed by atoms with van der Waals surface area (Å²) in [7, 11) is 2.01. The van der Waals surface area contributed by atoms with E-state index in [-0.39, 0.29) is 5.41 Å². The van der Waals surface area contributed by atoms with Crippen LogP contribution in [0.15, 0.2) is 10.6 Å². The van der Waals surface area contributed by atoms with Crippen molar-refractivity contribution < 1.29 is 0 Å². The molecular formula is C14H25N3S. The van der Waals surface area contributed by atoms with Crippen LogP contribution in [0.2, 0.25) is 0 Å². The summed E-state index contributed by atoms with van der Waals surface area (Å²) in [5.41, 5.74) is 1.50. The van der Waals surface area contributed by atoms with Crippen molar-refractivity contribution in [3.63, 3.8) is 0 Å². The highest BCUT2D eigenvalue weighted by atomic mass is 32.2. The Morgan fingerprint density at radius 1 is 1.28 bits per heavy atom. The number of hydrogen-bond donors (Lipinski definition) is 0. The Hall–Kier alpha value is -0.770. The third-order valence-electron chi connectivity index (χ3n) is 2.42. The molecule has 1 rings (SSSR count). The normalized spacial score (nSPS) is 13.5. The largest absolute Gasteiger partial charge is 0.333 e. The number of rotatable bonds is 3. The van der Waals surface area contributed by atoms with Gasteiger partial charge in [-0.1, -0.05) is 41.5 Å². The lowest BCUT2D eigenvalue weighted by Crippen LogP contribution is -2.11. The maximum atomic E-state index is 4.62. The molecule has 3 nitrogen and oxygen atoms in total. The van der Waals surface area contributed by atoms with Gasteiger partial charge in [-0.15, -0.1) is 0 Å². The Labute approximate surface area is 115 Å². The predicted molar refractivity (Wildman–Crippen MR) is 81.4 cm³/mol. The zero-order valence-corrected chi connectivity index (χ0v) is 13.4. The van der Waals surface area contributed by atoms with Crippen LogP contribution in [0.3, 0.4) is 0 Å². The minimum absolute atomic E-state index is 0.0857. The fourth-order valence-electron chi connectivity index (χ4n) is 1.28. The molecule has 0 aliphatic rings. The van der Waals surface area contributed by atoms with E-state index >= 15 is 0 Å². The molecule has 0 aromatic carbocycles. The Morgan fingerprint density at radius 2 is 1.89 bits per heavy atom. The molecular weight excluding hydrogens is 242 g/mol. The van der Waals surface area contributed by atoms with E-state index in [1.807, 2.05) is 17.8 Å². The van der Waals surface area contributed by atoms with Crippen LogP contribution in [0.1, 0.15) is 53.1 Å². The van der Waals surface area contributed by atoms with E-state index in [0.717, 1.165) is 17.3 Å². The summed E-state index contributed by atoms with van der Waals surface area (Å²) in [6.07, 6.45) is 3.93. The lowest BCUT2D eigenvalue weighted by molar-refractivity contribution is 0.481. The predicted octanol–water partition coefficient (Wildman–Crippen LogP) is 3.83. The Kier molecular flexibility index (Phi) is 4.65. The number of aryl methyl sites for hydroxylation is 1. The molecule has 0 fully saturated rings. The van der Waals surface area contributed by atoms with E-state index in [9.17, 15) is 0 Å². The molecule has 0 saturated carbocycles. The van der Waals surface area contributed by atoms with E-state index < -0.39 is 0 Å². The maximum Gasteiger partial charge on any atom is 0.151 e.